The number of ketones is 1. The number of hydrogen-bond acceptors (Lipinski definition) is 3. The van der Waals surface area contributed by atoms with Crippen LogP contribution in [0.15, 0.2) is 59.9 Å². The summed E-state index contributed by atoms with van der Waals surface area (Å²) in [7, 11) is 0. The van der Waals surface area contributed by atoms with Crippen LogP contribution >= 0.6 is 23.2 Å². The lowest BCUT2D eigenvalue weighted by Crippen LogP contribution is -2.20. The predicted molar refractivity (Wildman–Crippen MR) is 105 cm³/mol. The van der Waals surface area contributed by atoms with Crippen LogP contribution in [0.2, 0.25) is 10.0 Å². The number of nitrogens with one attached hydrogen (secondary N) is 1. The Morgan fingerprint density at radius 1 is 1.04 bits per heavy atom. The molecule has 3 aromatic rings. The number of carbonyl (C=O) groups is 1. The van der Waals surface area contributed by atoms with Crippen molar-refractivity contribution in [3.63, 3.8) is 0 Å². The summed E-state index contributed by atoms with van der Waals surface area (Å²) in [5.41, 5.74) is 5.59. The molecule has 2 aromatic carbocycles. The van der Waals surface area contributed by atoms with E-state index >= 15 is 0 Å². The Balaban J connectivity index is 1.88. The topological polar surface area (TPSA) is 42.0 Å². The van der Waals surface area contributed by atoms with Crippen molar-refractivity contribution in [1.29, 1.82) is 0 Å². The number of carbonyl (C=O) groups excluding carboxylic acids is 1. The number of nitrogens with zero attached hydrogens (tertiary/aromatic N) is 1. The minimum Gasteiger partial charge on any atom is -0.358 e. The van der Waals surface area contributed by atoms with E-state index in [0.29, 0.717) is 16.5 Å². The van der Waals surface area contributed by atoms with E-state index in [1.165, 1.54) is 0 Å². The minimum absolute atomic E-state index is 0.167. The average molecular weight is 381 g/mol. The third-order valence-corrected chi connectivity index (χ3v) is 6.04. The van der Waals surface area contributed by atoms with Gasteiger partial charge in [-0.3, -0.25) is 9.78 Å². The molecule has 0 spiro atoms. The molecule has 1 aromatic heterocycles. The second-order valence-electron chi connectivity index (χ2n) is 6.61. The minimum atomic E-state index is -0.240. The third-order valence-electron chi connectivity index (χ3n) is 5.21. The van der Waals surface area contributed by atoms with Crippen LogP contribution in [-0.4, -0.2) is 10.8 Å². The number of pyridine rings is 1. The van der Waals surface area contributed by atoms with Gasteiger partial charge in [-0.15, -0.1) is 0 Å². The summed E-state index contributed by atoms with van der Waals surface area (Å²) in [6.07, 6.45) is 3.03. The zero-order valence-corrected chi connectivity index (χ0v) is 15.2. The van der Waals surface area contributed by atoms with Gasteiger partial charge in [-0.05, 0) is 41.8 Å². The second-order valence-corrected chi connectivity index (χ2v) is 7.40. The summed E-state index contributed by atoms with van der Waals surface area (Å²) < 4.78 is 0. The Morgan fingerprint density at radius 3 is 2.81 bits per heavy atom. The van der Waals surface area contributed by atoms with E-state index in [1.54, 1.807) is 12.3 Å². The highest BCUT2D eigenvalue weighted by Gasteiger charge is 2.38. The van der Waals surface area contributed by atoms with Crippen molar-refractivity contribution in [2.24, 2.45) is 0 Å². The zero-order valence-electron chi connectivity index (χ0n) is 13.7. The first-order chi connectivity index (χ1) is 12.6. The van der Waals surface area contributed by atoms with Crippen LogP contribution in [0.25, 0.3) is 10.9 Å². The van der Waals surface area contributed by atoms with Gasteiger partial charge in [0.25, 0.3) is 0 Å². The molecule has 26 heavy (non-hydrogen) atoms. The first-order valence-corrected chi connectivity index (χ1v) is 9.25. The first-order valence-electron chi connectivity index (χ1n) is 8.50. The number of hydrogen-bond donors (Lipinski definition) is 1. The zero-order chi connectivity index (χ0) is 17.8. The Labute approximate surface area is 160 Å². The summed E-state index contributed by atoms with van der Waals surface area (Å²) in [5, 5.41) is 5.48. The molecule has 1 atom stereocenters. The monoisotopic (exact) mass is 380 g/mol. The van der Waals surface area contributed by atoms with Crippen molar-refractivity contribution < 1.29 is 4.79 Å². The molecule has 0 amide bonds. The van der Waals surface area contributed by atoms with Gasteiger partial charge in [-0.2, -0.15) is 0 Å². The smallest absolute Gasteiger partial charge is 0.161 e. The number of aromatic nitrogens is 1. The largest absolute Gasteiger partial charge is 0.358 e. The highest BCUT2D eigenvalue weighted by molar-refractivity contribution is 6.42. The lowest BCUT2D eigenvalue weighted by atomic mass is 9.79. The average Bonchev–Trinajstić information content (AvgIpc) is 3.03. The normalized spacial score (nSPS) is 18.7. The van der Waals surface area contributed by atoms with Crippen LogP contribution in [0.4, 0.5) is 5.69 Å². The molecule has 0 saturated heterocycles. The molecule has 0 radical (unpaired) electrons. The van der Waals surface area contributed by atoms with E-state index in [9.17, 15) is 4.79 Å². The van der Waals surface area contributed by atoms with E-state index in [2.05, 4.69) is 10.3 Å². The molecule has 1 aliphatic carbocycles. The van der Waals surface area contributed by atoms with Crippen LogP contribution in [0.5, 0.6) is 0 Å². The van der Waals surface area contributed by atoms with Gasteiger partial charge >= 0.3 is 0 Å². The van der Waals surface area contributed by atoms with Gasteiger partial charge < -0.3 is 5.32 Å². The fourth-order valence-corrected chi connectivity index (χ4v) is 4.51. The van der Waals surface area contributed by atoms with Crippen molar-refractivity contribution in [3.8, 4) is 0 Å². The standard InChI is InChI=1S/C21H14Cl2N2O/c22-13-5-1-3-12(21(13)23)19-18-11-4-2-10-24-14(11)6-7-15(18)25-16-8-9-17(26)20(16)19/h1-7,10,19,25H,8-9H2. The SMILES string of the molecule is O=C1CCC2=C1C(c1cccc(Cl)c1Cl)c1c(ccc3ncccc13)N2. The molecular weight excluding hydrogens is 367 g/mol. The van der Waals surface area contributed by atoms with Crippen LogP contribution in [-0.2, 0) is 4.79 Å². The maximum absolute atomic E-state index is 12.7. The van der Waals surface area contributed by atoms with Crippen molar-refractivity contribution in [3.05, 3.63) is 81.1 Å². The van der Waals surface area contributed by atoms with Gasteiger partial charge in [-0.25, -0.2) is 0 Å². The van der Waals surface area contributed by atoms with Crippen molar-refractivity contribution in [1.82, 2.24) is 4.98 Å². The van der Waals surface area contributed by atoms with E-state index in [-0.39, 0.29) is 11.7 Å². The summed E-state index contributed by atoms with van der Waals surface area (Å²) in [5.74, 6) is -0.0737. The van der Waals surface area contributed by atoms with Crippen LogP contribution < -0.4 is 5.32 Å². The van der Waals surface area contributed by atoms with Gasteiger partial charge in [0.2, 0.25) is 0 Å². The highest BCUT2D eigenvalue weighted by Crippen LogP contribution is 2.50. The Hall–Kier alpha value is -2.36. The summed E-state index contributed by atoms with van der Waals surface area (Å²) in [4.78, 5) is 17.2. The molecule has 5 heteroatoms. The van der Waals surface area contributed by atoms with Crippen molar-refractivity contribution in [2.75, 3.05) is 5.32 Å². The summed E-state index contributed by atoms with van der Waals surface area (Å²) >= 11 is 12.9. The van der Waals surface area contributed by atoms with E-state index in [0.717, 1.165) is 45.4 Å². The lowest BCUT2D eigenvalue weighted by molar-refractivity contribution is -0.115. The molecule has 5 rings (SSSR count). The van der Waals surface area contributed by atoms with Gasteiger partial charge in [-0.1, -0.05) is 41.4 Å². The van der Waals surface area contributed by atoms with Crippen LogP contribution in [0.1, 0.15) is 29.9 Å². The summed E-state index contributed by atoms with van der Waals surface area (Å²) in [6, 6.07) is 13.6. The fourth-order valence-electron chi connectivity index (χ4n) is 4.10. The number of halogens is 2. The van der Waals surface area contributed by atoms with Crippen molar-refractivity contribution in [2.45, 2.75) is 18.8 Å². The quantitative estimate of drug-likeness (QED) is 0.587. The predicted octanol–water partition coefficient (Wildman–Crippen LogP) is 5.72. The molecule has 0 fully saturated rings. The molecule has 0 saturated carbocycles. The second kappa shape index (κ2) is 5.83. The number of fused-ring (bicyclic) bond motifs is 3. The van der Waals surface area contributed by atoms with Gasteiger partial charge in [0.05, 0.1) is 15.6 Å². The Kier molecular flexibility index (Phi) is 3.56. The third kappa shape index (κ3) is 2.21. The van der Waals surface area contributed by atoms with Gasteiger partial charge in [0.1, 0.15) is 0 Å². The summed E-state index contributed by atoms with van der Waals surface area (Å²) in [6.45, 7) is 0. The molecule has 0 bridgehead atoms. The number of Topliss-reactive ketones (excluding diaryl/α,β-unsaturated/α-hetero) is 1. The molecule has 2 aliphatic rings. The fraction of sp³-hybridized carbons (Fsp3) is 0.143. The Morgan fingerprint density at radius 2 is 1.92 bits per heavy atom. The van der Waals surface area contributed by atoms with E-state index in [4.69, 9.17) is 23.2 Å². The maximum Gasteiger partial charge on any atom is 0.161 e. The molecule has 1 unspecified atom stereocenters. The first kappa shape index (κ1) is 15.9. The molecule has 1 N–H and O–H groups in total. The number of allylic oxidation sites excluding steroid dienone is 2. The molecule has 3 nitrogen and oxygen atoms in total. The molecule has 1 aliphatic heterocycles. The Bertz CT molecular complexity index is 1120. The highest BCUT2D eigenvalue weighted by atomic mass is 35.5. The molecular formula is C21H14Cl2N2O. The van der Waals surface area contributed by atoms with Crippen LogP contribution in [0, 0.1) is 0 Å². The van der Waals surface area contributed by atoms with E-state index in [1.807, 2.05) is 36.4 Å². The molecule has 2 heterocycles. The number of anilines is 1. The molecule has 128 valence electrons. The van der Waals surface area contributed by atoms with Crippen molar-refractivity contribution >= 4 is 45.6 Å². The maximum atomic E-state index is 12.7. The van der Waals surface area contributed by atoms with Crippen LogP contribution in [0.3, 0.4) is 0 Å². The van der Waals surface area contributed by atoms with E-state index < -0.39 is 0 Å². The van der Waals surface area contributed by atoms with Gasteiger partial charge in [0, 0.05) is 40.9 Å². The number of benzene rings is 2. The lowest BCUT2D eigenvalue weighted by Gasteiger charge is -2.30. The van der Waals surface area contributed by atoms with Gasteiger partial charge in [0.15, 0.2) is 5.78 Å². The number of rotatable bonds is 1.